The Morgan fingerprint density at radius 3 is 2.54 bits per heavy atom. The minimum Gasteiger partial charge on any atom is -0.497 e. The molecule has 0 radical (unpaired) electrons. The average molecular weight is 361 g/mol. The van der Waals surface area contributed by atoms with Gasteiger partial charge in [-0.1, -0.05) is 6.07 Å². The van der Waals surface area contributed by atoms with Crippen molar-refractivity contribution in [2.45, 2.75) is 64.9 Å². The first-order chi connectivity index (χ1) is 12.2. The fourth-order valence-electron chi connectivity index (χ4n) is 3.51. The summed E-state index contributed by atoms with van der Waals surface area (Å²) in [7, 11) is 1.34. The van der Waals surface area contributed by atoms with Gasteiger partial charge in [0.2, 0.25) is 0 Å². The van der Waals surface area contributed by atoms with Crippen molar-refractivity contribution in [1.82, 2.24) is 4.90 Å². The summed E-state index contributed by atoms with van der Waals surface area (Å²) in [5.74, 6) is 0.861. The molecule has 2 saturated heterocycles. The second-order valence-electron chi connectivity index (χ2n) is 8.42. The van der Waals surface area contributed by atoms with Crippen molar-refractivity contribution in [3.8, 4) is 5.75 Å². The van der Waals surface area contributed by atoms with Crippen molar-refractivity contribution in [3.05, 3.63) is 23.8 Å². The molecule has 0 aliphatic carbocycles. The number of ether oxygens (including phenoxy) is 2. The van der Waals surface area contributed by atoms with E-state index in [1.807, 2.05) is 6.07 Å². The molecule has 1 atom stereocenters. The number of hydrogen-bond donors (Lipinski definition) is 0. The molecular formula is C20H32BNO4. The van der Waals surface area contributed by atoms with Gasteiger partial charge in [0.15, 0.2) is 0 Å². The van der Waals surface area contributed by atoms with Crippen LogP contribution in [0.2, 0.25) is 0 Å². The van der Waals surface area contributed by atoms with Gasteiger partial charge < -0.3 is 18.8 Å². The molecule has 0 amide bonds. The number of hydrogen-bond acceptors (Lipinski definition) is 5. The van der Waals surface area contributed by atoms with Crippen LogP contribution in [-0.2, 0) is 20.6 Å². The van der Waals surface area contributed by atoms with E-state index < -0.39 is 0 Å². The standard InChI is InChI=1S/C20H32BNO4/c1-15-13-22(10-7-11-24-15)14-16-12-17(23-6)8-9-18(16)21-25-19(2,3)20(4,5)26-21/h8-9,12,15H,7,10-11,13-14H2,1-6H3. The van der Waals surface area contributed by atoms with Crippen molar-refractivity contribution in [2.75, 3.05) is 26.8 Å². The Bertz CT molecular complexity index is 618. The highest BCUT2D eigenvalue weighted by Gasteiger charge is 2.52. The topological polar surface area (TPSA) is 40.2 Å². The van der Waals surface area contributed by atoms with Crippen molar-refractivity contribution < 1.29 is 18.8 Å². The third-order valence-electron chi connectivity index (χ3n) is 5.79. The van der Waals surface area contributed by atoms with E-state index in [0.29, 0.717) is 0 Å². The summed E-state index contributed by atoms with van der Waals surface area (Å²) in [6, 6.07) is 6.17. The first-order valence-corrected chi connectivity index (χ1v) is 9.58. The molecule has 3 rings (SSSR count). The first kappa shape index (κ1) is 19.7. The fraction of sp³-hybridized carbons (Fsp3) is 0.700. The summed E-state index contributed by atoms with van der Waals surface area (Å²) < 4.78 is 23.8. The maximum absolute atomic E-state index is 6.29. The SMILES string of the molecule is COc1ccc(B2OC(C)(C)C(C)(C)O2)c(CN2CCCOC(C)C2)c1. The largest absolute Gasteiger partial charge is 0.497 e. The Labute approximate surface area is 158 Å². The monoisotopic (exact) mass is 361 g/mol. The van der Waals surface area contributed by atoms with Crippen LogP contribution in [-0.4, -0.2) is 56.1 Å². The highest BCUT2D eigenvalue weighted by atomic mass is 16.7. The van der Waals surface area contributed by atoms with Crippen molar-refractivity contribution in [1.29, 1.82) is 0 Å². The molecular weight excluding hydrogens is 329 g/mol. The van der Waals surface area contributed by atoms with Gasteiger partial charge in [0.05, 0.1) is 24.4 Å². The molecule has 5 nitrogen and oxygen atoms in total. The average Bonchev–Trinajstić information content (AvgIpc) is 2.70. The number of methoxy groups -OCH3 is 1. The van der Waals surface area contributed by atoms with Crippen molar-refractivity contribution in [2.24, 2.45) is 0 Å². The lowest BCUT2D eigenvalue weighted by Crippen LogP contribution is -2.41. The molecule has 2 aliphatic rings. The predicted molar refractivity (Wildman–Crippen MR) is 104 cm³/mol. The van der Waals surface area contributed by atoms with Gasteiger partial charge in [0.25, 0.3) is 0 Å². The van der Waals surface area contributed by atoms with Gasteiger partial charge >= 0.3 is 7.12 Å². The van der Waals surface area contributed by atoms with Gasteiger partial charge in [-0.2, -0.15) is 0 Å². The van der Waals surface area contributed by atoms with Crippen LogP contribution in [0.15, 0.2) is 18.2 Å². The van der Waals surface area contributed by atoms with Gasteiger partial charge in [0, 0.05) is 26.2 Å². The highest BCUT2D eigenvalue weighted by molar-refractivity contribution is 6.62. The van der Waals surface area contributed by atoms with Crippen LogP contribution < -0.4 is 10.2 Å². The molecule has 1 aromatic rings. The highest BCUT2D eigenvalue weighted by Crippen LogP contribution is 2.37. The van der Waals surface area contributed by atoms with E-state index in [1.165, 1.54) is 5.56 Å². The number of nitrogens with zero attached hydrogens (tertiary/aromatic N) is 1. The zero-order valence-corrected chi connectivity index (χ0v) is 17.0. The Kier molecular flexibility index (Phi) is 5.68. The van der Waals surface area contributed by atoms with E-state index in [2.05, 4.69) is 51.7 Å². The smallest absolute Gasteiger partial charge is 0.495 e. The third-order valence-corrected chi connectivity index (χ3v) is 5.79. The van der Waals surface area contributed by atoms with Gasteiger partial charge in [-0.05, 0) is 64.2 Å². The molecule has 1 unspecified atom stereocenters. The quantitative estimate of drug-likeness (QED) is 0.771. The van der Waals surface area contributed by atoms with Crippen LogP contribution >= 0.6 is 0 Å². The van der Waals surface area contributed by atoms with Crippen molar-refractivity contribution in [3.63, 3.8) is 0 Å². The molecule has 144 valence electrons. The van der Waals surface area contributed by atoms with Gasteiger partial charge in [0.1, 0.15) is 5.75 Å². The summed E-state index contributed by atoms with van der Waals surface area (Å²) in [6.07, 6.45) is 1.31. The normalized spacial score (nSPS) is 25.9. The van der Waals surface area contributed by atoms with Crippen LogP contribution in [0.3, 0.4) is 0 Å². The molecule has 0 N–H and O–H groups in total. The minimum atomic E-state index is -0.360. The van der Waals surface area contributed by atoms with Gasteiger partial charge in [-0.15, -0.1) is 0 Å². The Morgan fingerprint density at radius 2 is 1.88 bits per heavy atom. The zero-order chi connectivity index (χ0) is 18.9. The van der Waals surface area contributed by atoms with Gasteiger partial charge in [-0.3, -0.25) is 4.90 Å². The van der Waals surface area contributed by atoms with Crippen LogP contribution in [0, 0.1) is 0 Å². The maximum atomic E-state index is 6.29. The van der Waals surface area contributed by atoms with Crippen LogP contribution in [0.25, 0.3) is 0 Å². The summed E-state index contributed by atoms with van der Waals surface area (Å²) >= 11 is 0. The maximum Gasteiger partial charge on any atom is 0.495 e. The molecule has 0 bridgehead atoms. The second kappa shape index (κ2) is 7.51. The molecule has 2 heterocycles. The summed E-state index contributed by atoms with van der Waals surface area (Å²) in [4.78, 5) is 2.45. The molecule has 2 fully saturated rings. The van der Waals surface area contributed by atoms with Crippen molar-refractivity contribution >= 4 is 12.6 Å². The molecule has 6 heteroatoms. The molecule has 0 spiro atoms. The molecule has 2 aliphatic heterocycles. The number of benzene rings is 1. The fourth-order valence-corrected chi connectivity index (χ4v) is 3.51. The van der Waals surface area contributed by atoms with E-state index in [-0.39, 0.29) is 24.4 Å². The van der Waals surface area contributed by atoms with E-state index in [9.17, 15) is 0 Å². The molecule has 1 aromatic carbocycles. The third kappa shape index (κ3) is 4.09. The second-order valence-corrected chi connectivity index (χ2v) is 8.42. The number of rotatable bonds is 4. The van der Waals surface area contributed by atoms with Crippen LogP contribution in [0.1, 0.15) is 46.6 Å². The van der Waals surface area contributed by atoms with E-state index in [4.69, 9.17) is 18.8 Å². The summed E-state index contributed by atoms with van der Waals surface area (Å²) in [5.41, 5.74) is 1.58. The predicted octanol–water partition coefficient (Wildman–Crippen LogP) is 2.61. The molecule has 0 saturated carbocycles. The van der Waals surface area contributed by atoms with Crippen LogP contribution in [0.4, 0.5) is 0 Å². The van der Waals surface area contributed by atoms with E-state index in [0.717, 1.165) is 43.9 Å². The Hall–Kier alpha value is -1.08. The lowest BCUT2D eigenvalue weighted by atomic mass is 9.75. The summed E-state index contributed by atoms with van der Waals surface area (Å²) in [6.45, 7) is 14.1. The lowest BCUT2D eigenvalue weighted by Gasteiger charge is -2.32. The first-order valence-electron chi connectivity index (χ1n) is 9.58. The lowest BCUT2D eigenvalue weighted by molar-refractivity contribution is 0.00578. The van der Waals surface area contributed by atoms with E-state index >= 15 is 0 Å². The van der Waals surface area contributed by atoms with Crippen LogP contribution in [0.5, 0.6) is 5.75 Å². The molecule has 26 heavy (non-hydrogen) atoms. The Balaban J connectivity index is 1.86. The zero-order valence-electron chi connectivity index (χ0n) is 17.0. The van der Waals surface area contributed by atoms with Gasteiger partial charge in [-0.25, -0.2) is 0 Å². The minimum absolute atomic E-state index is 0.253. The van der Waals surface area contributed by atoms with E-state index in [1.54, 1.807) is 7.11 Å². The summed E-state index contributed by atoms with van der Waals surface area (Å²) in [5, 5.41) is 0. The molecule has 0 aromatic heterocycles. The Morgan fingerprint density at radius 1 is 1.19 bits per heavy atom.